The molecule has 8 heteroatoms. The van der Waals surface area contributed by atoms with Crippen molar-refractivity contribution in [2.45, 2.75) is 18.7 Å². The summed E-state index contributed by atoms with van der Waals surface area (Å²) in [5, 5.41) is 17.2. The van der Waals surface area contributed by atoms with Gasteiger partial charge in [-0.1, -0.05) is 28.1 Å². The zero-order valence-electron chi connectivity index (χ0n) is 14.4. The predicted molar refractivity (Wildman–Crippen MR) is 102 cm³/mol. The molecule has 1 unspecified atom stereocenters. The summed E-state index contributed by atoms with van der Waals surface area (Å²) in [5.41, 5.74) is 1.92. The highest BCUT2D eigenvalue weighted by atomic mass is 79.9. The minimum atomic E-state index is -0.413. The van der Waals surface area contributed by atoms with E-state index in [0.717, 1.165) is 10.9 Å². The molecule has 1 N–H and O–H groups in total. The van der Waals surface area contributed by atoms with Gasteiger partial charge in [0.1, 0.15) is 22.9 Å². The quantitative estimate of drug-likeness (QED) is 0.662. The molecule has 3 rings (SSSR count). The highest BCUT2D eigenvalue weighted by Gasteiger charge is 2.19. The average molecular weight is 414 g/mol. The third-order valence-electron chi connectivity index (χ3n) is 3.93. The maximum absolute atomic E-state index is 12.1. The SMILES string of the molecule is COc1cccc2c(C)cc(-n3ncc(C#N)c3NC(=O)C(C)Br)nc12. The number of methoxy groups -OCH3 is 1. The van der Waals surface area contributed by atoms with Gasteiger partial charge in [-0.25, -0.2) is 4.98 Å². The fourth-order valence-electron chi connectivity index (χ4n) is 2.59. The minimum absolute atomic E-state index is 0.256. The molecular formula is C18H16BrN5O2. The van der Waals surface area contributed by atoms with Gasteiger partial charge in [0, 0.05) is 5.39 Å². The largest absolute Gasteiger partial charge is 0.494 e. The van der Waals surface area contributed by atoms with Gasteiger partial charge in [-0.2, -0.15) is 15.0 Å². The molecule has 132 valence electrons. The topological polar surface area (TPSA) is 92.8 Å². The summed E-state index contributed by atoms with van der Waals surface area (Å²) < 4.78 is 6.85. The van der Waals surface area contributed by atoms with Crippen LogP contribution in [0.4, 0.5) is 5.82 Å². The Morgan fingerprint density at radius 1 is 1.46 bits per heavy atom. The van der Waals surface area contributed by atoms with Gasteiger partial charge in [-0.05, 0) is 31.5 Å². The van der Waals surface area contributed by atoms with Crippen LogP contribution in [0.2, 0.25) is 0 Å². The normalized spacial score (nSPS) is 11.8. The van der Waals surface area contributed by atoms with Crippen molar-refractivity contribution >= 4 is 38.6 Å². The molecule has 3 aromatic rings. The van der Waals surface area contributed by atoms with Gasteiger partial charge in [-0.15, -0.1) is 0 Å². The number of halogens is 1. The monoisotopic (exact) mass is 413 g/mol. The molecule has 2 aromatic heterocycles. The Bertz CT molecular complexity index is 1040. The number of nitrogens with zero attached hydrogens (tertiary/aromatic N) is 4. The third kappa shape index (κ3) is 3.13. The molecule has 0 aliphatic carbocycles. The number of aromatic nitrogens is 3. The number of aryl methyl sites for hydroxylation is 1. The van der Waals surface area contributed by atoms with Gasteiger partial charge >= 0.3 is 0 Å². The Hall–Kier alpha value is -2.92. The molecule has 0 saturated carbocycles. The van der Waals surface area contributed by atoms with Gasteiger partial charge in [0.2, 0.25) is 5.91 Å². The molecule has 1 amide bonds. The first-order chi connectivity index (χ1) is 12.5. The van der Waals surface area contributed by atoms with Gasteiger partial charge in [-0.3, -0.25) is 4.79 Å². The predicted octanol–water partition coefficient (Wildman–Crippen LogP) is 3.33. The number of hydrogen-bond acceptors (Lipinski definition) is 5. The molecule has 0 aliphatic heterocycles. The van der Waals surface area contributed by atoms with Crippen molar-refractivity contribution in [1.82, 2.24) is 14.8 Å². The van der Waals surface area contributed by atoms with Crippen LogP contribution in [0.3, 0.4) is 0 Å². The number of alkyl halides is 1. The molecule has 0 spiro atoms. The molecule has 7 nitrogen and oxygen atoms in total. The van der Waals surface area contributed by atoms with E-state index in [-0.39, 0.29) is 17.3 Å². The van der Waals surface area contributed by atoms with Crippen LogP contribution in [-0.4, -0.2) is 32.6 Å². The molecule has 26 heavy (non-hydrogen) atoms. The number of ether oxygens (including phenoxy) is 1. The van der Waals surface area contributed by atoms with E-state index < -0.39 is 4.83 Å². The lowest BCUT2D eigenvalue weighted by Crippen LogP contribution is -2.22. The van der Waals surface area contributed by atoms with Crippen LogP contribution in [0.1, 0.15) is 18.1 Å². The zero-order valence-corrected chi connectivity index (χ0v) is 16.0. The number of benzene rings is 1. The van der Waals surface area contributed by atoms with Crippen molar-refractivity contribution < 1.29 is 9.53 Å². The number of anilines is 1. The van der Waals surface area contributed by atoms with Crippen LogP contribution >= 0.6 is 15.9 Å². The second-order valence-corrected chi connectivity index (χ2v) is 7.06. The summed E-state index contributed by atoms with van der Waals surface area (Å²) in [6.45, 7) is 3.66. The lowest BCUT2D eigenvalue weighted by molar-refractivity contribution is -0.115. The Labute approximate surface area is 158 Å². The second-order valence-electron chi connectivity index (χ2n) is 5.69. The molecule has 1 aromatic carbocycles. The molecule has 0 bridgehead atoms. The smallest absolute Gasteiger partial charge is 0.239 e. The van der Waals surface area contributed by atoms with E-state index in [0.29, 0.717) is 17.1 Å². The van der Waals surface area contributed by atoms with E-state index in [9.17, 15) is 10.1 Å². The standard InChI is InChI=1S/C18H16BrN5O2/c1-10-7-15(22-16-13(10)5-4-6-14(16)26-3)24-17(12(8-20)9-21-24)23-18(25)11(2)19/h4-7,9,11H,1-3H3,(H,23,25). The average Bonchev–Trinajstić information content (AvgIpc) is 3.03. The highest BCUT2D eigenvalue weighted by Crippen LogP contribution is 2.29. The Balaban J connectivity index is 2.20. The summed E-state index contributed by atoms with van der Waals surface area (Å²) in [6, 6.07) is 9.58. The number of carbonyl (C=O) groups excluding carboxylic acids is 1. The maximum atomic E-state index is 12.1. The van der Waals surface area contributed by atoms with Crippen LogP contribution in [0.5, 0.6) is 5.75 Å². The molecule has 0 radical (unpaired) electrons. The number of nitrogens with one attached hydrogen (secondary N) is 1. The molecule has 2 heterocycles. The van der Waals surface area contributed by atoms with Gasteiger partial charge in [0.15, 0.2) is 11.6 Å². The number of fused-ring (bicyclic) bond motifs is 1. The van der Waals surface area contributed by atoms with Crippen LogP contribution < -0.4 is 10.1 Å². The highest BCUT2D eigenvalue weighted by molar-refractivity contribution is 9.10. The van der Waals surface area contributed by atoms with Crippen molar-refractivity contribution in [2.75, 3.05) is 12.4 Å². The molecule has 0 saturated heterocycles. The summed E-state index contributed by atoms with van der Waals surface area (Å²) in [6.07, 6.45) is 1.40. The number of nitriles is 1. The van der Waals surface area contributed by atoms with E-state index in [1.165, 1.54) is 10.9 Å². The Morgan fingerprint density at radius 2 is 2.23 bits per heavy atom. The van der Waals surface area contributed by atoms with Crippen molar-refractivity contribution in [3.8, 4) is 17.6 Å². The van der Waals surface area contributed by atoms with Crippen LogP contribution in [-0.2, 0) is 4.79 Å². The molecule has 0 aliphatic rings. The van der Waals surface area contributed by atoms with E-state index >= 15 is 0 Å². The number of pyridine rings is 1. The van der Waals surface area contributed by atoms with E-state index in [4.69, 9.17) is 4.74 Å². The fraction of sp³-hybridized carbons (Fsp3) is 0.222. The fourth-order valence-corrected chi connectivity index (χ4v) is 2.70. The summed E-state index contributed by atoms with van der Waals surface area (Å²) in [4.78, 5) is 16.3. The molecule has 0 fully saturated rings. The lowest BCUT2D eigenvalue weighted by Gasteiger charge is -2.13. The minimum Gasteiger partial charge on any atom is -0.494 e. The summed E-state index contributed by atoms with van der Waals surface area (Å²) in [7, 11) is 1.59. The number of para-hydroxylation sites is 1. The van der Waals surface area contributed by atoms with Crippen molar-refractivity contribution in [2.24, 2.45) is 0 Å². The van der Waals surface area contributed by atoms with Crippen molar-refractivity contribution in [1.29, 1.82) is 5.26 Å². The number of carbonyl (C=O) groups is 1. The van der Waals surface area contributed by atoms with Crippen molar-refractivity contribution in [3.05, 3.63) is 41.6 Å². The van der Waals surface area contributed by atoms with E-state index in [2.05, 4.69) is 31.3 Å². The van der Waals surface area contributed by atoms with Crippen LogP contribution in [0, 0.1) is 18.3 Å². The van der Waals surface area contributed by atoms with E-state index in [1.54, 1.807) is 14.0 Å². The van der Waals surface area contributed by atoms with Crippen LogP contribution in [0.15, 0.2) is 30.5 Å². The second kappa shape index (κ2) is 7.14. The number of amides is 1. The number of hydrogen-bond donors (Lipinski definition) is 1. The summed E-state index contributed by atoms with van der Waals surface area (Å²) in [5.74, 6) is 1.13. The van der Waals surface area contributed by atoms with Gasteiger partial charge in [0.25, 0.3) is 0 Å². The third-order valence-corrected chi connectivity index (χ3v) is 4.34. The summed E-state index contributed by atoms with van der Waals surface area (Å²) >= 11 is 3.22. The Kier molecular flexibility index (Phi) is 4.91. The molecular weight excluding hydrogens is 398 g/mol. The first-order valence-electron chi connectivity index (χ1n) is 7.84. The zero-order chi connectivity index (χ0) is 18.8. The van der Waals surface area contributed by atoms with E-state index in [1.807, 2.05) is 37.3 Å². The molecule has 1 atom stereocenters. The van der Waals surface area contributed by atoms with Crippen molar-refractivity contribution in [3.63, 3.8) is 0 Å². The first-order valence-corrected chi connectivity index (χ1v) is 8.75. The van der Waals surface area contributed by atoms with Gasteiger partial charge < -0.3 is 10.1 Å². The maximum Gasteiger partial charge on any atom is 0.239 e. The number of rotatable bonds is 4. The van der Waals surface area contributed by atoms with Crippen LogP contribution in [0.25, 0.3) is 16.7 Å². The Morgan fingerprint density at radius 3 is 2.88 bits per heavy atom. The first kappa shape index (κ1) is 17.9. The lowest BCUT2D eigenvalue weighted by atomic mass is 10.1. The van der Waals surface area contributed by atoms with Gasteiger partial charge in [0.05, 0.1) is 18.1 Å².